The molecule has 0 heterocycles. The average Bonchev–Trinajstić information content (AvgIpc) is 2.19. The van der Waals surface area contributed by atoms with Gasteiger partial charge >= 0.3 is 5.97 Å². The predicted molar refractivity (Wildman–Crippen MR) is 67.6 cm³/mol. The number of halogens is 1. The molecule has 0 saturated carbocycles. The molecule has 1 rings (SSSR count). The van der Waals surface area contributed by atoms with E-state index in [2.05, 4.69) is 4.74 Å². The van der Waals surface area contributed by atoms with Crippen LogP contribution in [0, 0.1) is 0 Å². The van der Waals surface area contributed by atoms with Gasteiger partial charge in [0.25, 0.3) is 0 Å². The van der Waals surface area contributed by atoms with Crippen molar-refractivity contribution in [3.8, 4) is 5.75 Å². The van der Waals surface area contributed by atoms with Crippen molar-refractivity contribution in [2.24, 2.45) is 0 Å². The molecule has 0 fully saturated rings. The Morgan fingerprint density at radius 3 is 2.41 bits per heavy atom. The molecule has 4 nitrogen and oxygen atoms in total. The van der Waals surface area contributed by atoms with Crippen LogP contribution in [0.15, 0.2) is 12.1 Å². The van der Waals surface area contributed by atoms with Crippen LogP contribution in [0.2, 0.25) is 5.02 Å². The second-order valence-electron chi connectivity index (χ2n) is 4.59. The van der Waals surface area contributed by atoms with E-state index in [1.54, 1.807) is 0 Å². The predicted octanol–water partition coefficient (Wildman–Crippen LogP) is 2.89. The third kappa shape index (κ3) is 3.53. The number of nitrogen functional groups attached to an aromatic ring is 1. The molecule has 0 aliphatic rings. The van der Waals surface area contributed by atoms with E-state index in [0.29, 0.717) is 16.5 Å². The van der Waals surface area contributed by atoms with Gasteiger partial charge in [0.1, 0.15) is 11.2 Å². The lowest BCUT2D eigenvalue weighted by molar-refractivity contribution is 0.0586. The number of esters is 1. The zero-order chi connectivity index (χ0) is 13.2. The van der Waals surface area contributed by atoms with Crippen LogP contribution in [0.4, 0.5) is 5.69 Å². The van der Waals surface area contributed by atoms with Gasteiger partial charge in [0, 0.05) is 5.69 Å². The molecule has 0 amide bonds. The van der Waals surface area contributed by atoms with Gasteiger partial charge < -0.3 is 15.2 Å². The highest BCUT2D eigenvalue weighted by Crippen LogP contribution is 2.34. The summed E-state index contributed by atoms with van der Waals surface area (Å²) in [4.78, 5) is 11.6. The van der Waals surface area contributed by atoms with Crippen molar-refractivity contribution in [2.75, 3.05) is 12.8 Å². The van der Waals surface area contributed by atoms with Gasteiger partial charge in [-0.05, 0) is 32.9 Å². The molecule has 0 saturated heterocycles. The summed E-state index contributed by atoms with van der Waals surface area (Å²) in [5.41, 5.74) is 5.78. The van der Waals surface area contributed by atoms with Gasteiger partial charge in [0.05, 0.1) is 12.1 Å². The Bertz CT molecular complexity index is 438. The fourth-order valence-electron chi connectivity index (χ4n) is 1.29. The standard InChI is InChI=1S/C12H16ClNO3/c1-12(2,3)17-10-8(11(15)16-4)5-7(14)6-9(10)13/h5-6H,14H2,1-4H3. The molecule has 1 aromatic carbocycles. The number of hydrogen-bond donors (Lipinski definition) is 1. The maximum absolute atomic E-state index is 11.6. The molecule has 0 spiro atoms. The number of anilines is 1. The van der Waals surface area contributed by atoms with E-state index in [0.717, 1.165) is 0 Å². The number of methoxy groups -OCH3 is 1. The van der Waals surface area contributed by atoms with Crippen LogP contribution in [-0.4, -0.2) is 18.7 Å². The second kappa shape index (κ2) is 4.84. The topological polar surface area (TPSA) is 61.5 Å². The Morgan fingerprint density at radius 1 is 1.35 bits per heavy atom. The van der Waals surface area contributed by atoms with Gasteiger partial charge in [-0.25, -0.2) is 4.79 Å². The summed E-state index contributed by atoms with van der Waals surface area (Å²) in [6.45, 7) is 5.59. The van der Waals surface area contributed by atoms with Crippen LogP contribution in [0.3, 0.4) is 0 Å². The van der Waals surface area contributed by atoms with E-state index in [1.807, 2.05) is 20.8 Å². The lowest BCUT2D eigenvalue weighted by Gasteiger charge is -2.23. The molecular weight excluding hydrogens is 242 g/mol. The molecule has 0 atom stereocenters. The maximum Gasteiger partial charge on any atom is 0.341 e. The molecular formula is C12H16ClNO3. The molecule has 0 aromatic heterocycles. The number of rotatable bonds is 2. The third-order valence-electron chi connectivity index (χ3n) is 1.88. The maximum atomic E-state index is 11.6. The number of carbonyl (C=O) groups excluding carboxylic acids is 1. The molecule has 0 unspecified atom stereocenters. The molecule has 2 N–H and O–H groups in total. The monoisotopic (exact) mass is 257 g/mol. The number of nitrogens with two attached hydrogens (primary N) is 1. The smallest absolute Gasteiger partial charge is 0.341 e. The summed E-state index contributed by atoms with van der Waals surface area (Å²) in [7, 11) is 1.29. The fraction of sp³-hybridized carbons (Fsp3) is 0.417. The van der Waals surface area contributed by atoms with Crippen LogP contribution in [0.5, 0.6) is 5.75 Å². The van der Waals surface area contributed by atoms with Crippen LogP contribution in [0.1, 0.15) is 31.1 Å². The van der Waals surface area contributed by atoms with Crippen molar-refractivity contribution in [2.45, 2.75) is 26.4 Å². The van der Waals surface area contributed by atoms with E-state index in [9.17, 15) is 4.79 Å². The van der Waals surface area contributed by atoms with Crippen LogP contribution in [0.25, 0.3) is 0 Å². The number of benzene rings is 1. The summed E-state index contributed by atoms with van der Waals surface area (Å²) in [5, 5.41) is 0.292. The Labute approximate surface area is 106 Å². The van der Waals surface area contributed by atoms with Crippen molar-refractivity contribution in [1.82, 2.24) is 0 Å². The molecule has 17 heavy (non-hydrogen) atoms. The Balaban J connectivity index is 3.30. The minimum Gasteiger partial charge on any atom is -0.486 e. The highest BCUT2D eigenvalue weighted by atomic mass is 35.5. The first-order chi connectivity index (χ1) is 7.74. The summed E-state index contributed by atoms with van der Waals surface area (Å²) >= 11 is 6.03. The van der Waals surface area contributed by atoms with E-state index in [1.165, 1.54) is 19.2 Å². The quantitative estimate of drug-likeness (QED) is 0.654. The molecule has 1 aromatic rings. The van der Waals surface area contributed by atoms with Gasteiger partial charge in [-0.2, -0.15) is 0 Å². The van der Waals surface area contributed by atoms with Crippen LogP contribution in [-0.2, 0) is 4.74 Å². The van der Waals surface area contributed by atoms with Gasteiger partial charge in [0.2, 0.25) is 0 Å². The Hall–Kier alpha value is -1.42. The lowest BCUT2D eigenvalue weighted by Crippen LogP contribution is -2.24. The summed E-state index contributed by atoms with van der Waals surface area (Å²) in [6.07, 6.45) is 0. The van der Waals surface area contributed by atoms with Crippen LogP contribution >= 0.6 is 11.6 Å². The fourth-order valence-corrected chi connectivity index (χ4v) is 1.55. The number of hydrogen-bond acceptors (Lipinski definition) is 4. The van der Waals surface area contributed by atoms with Gasteiger partial charge in [-0.3, -0.25) is 0 Å². The summed E-state index contributed by atoms with van der Waals surface area (Å²) in [6, 6.07) is 3.02. The normalized spacial score (nSPS) is 11.1. The molecule has 5 heteroatoms. The zero-order valence-electron chi connectivity index (χ0n) is 10.3. The Kier molecular flexibility index (Phi) is 3.88. The van der Waals surface area contributed by atoms with Gasteiger partial charge in [-0.1, -0.05) is 11.6 Å². The van der Waals surface area contributed by atoms with Crippen LogP contribution < -0.4 is 10.5 Å². The number of carbonyl (C=O) groups is 1. The lowest BCUT2D eigenvalue weighted by atomic mass is 10.1. The van der Waals surface area contributed by atoms with Gasteiger partial charge in [-0.15, -0.1) is 0 Å². The first-order valence-corrected chi connectivity index (χ1v) is 5.49. The highest BCUT2D eigenvalue weighted by molar-refractivity contribution is 6.33. The minimum absolute atomic E-state index is 0.229. The van der Waals surface area contributed by atoms with E-state index < -0.39 is 11.6 Å². The average molecular weight is 258 g/mol. The van der Waals surface area contributed by atoms with Crippen molar-refractivity contribution in [3.63, 3.8) is 0 Å². The van der Waals surface area contributed by atoms with Gasteiger partial charge in [0.15, 0.2) is 5.75 Å². The molecule has 0 aliphatic heterocycles. The molecule has 0 radical (unpaired) electrons. The first-order valence-electron chi connectivity index (χ1n) is 5.11. The zero-order valence-corrected chi connectivity index (χ0v) is 11.1. The first kappa shape index (κ1) is 13.6. The van der Waals surface area contributed by atoms with E-state index in [4.69, 9.17) is 22.1 Å². The van der Waals surface area contributed by atoms with Crippen molar-refractivity contribution < 1.29 is 14.3 Å². The summed E-state index contributed by atoms with van der Waals surface area (Å²) in [5.74, 6) is -0.237. The van der Waals surface area contributed by atoms with Crippen molar-refractivity contribution in [1.29, 1.82) is 0 Å². The largest absolute Gasteiger partial charge is 0.486 e. The second-order valence-corrected chi connectivity index (χ2v) is 4.99. The molecule has 0 aliphatic carbocycles. The number of ether oxygens (including phenoxy) is 2. The summed E-state index contributed by atoms with van der Waals surface area (Å²) < 4.78 is 10.3. The van der Waals surface area contributed by atoms with Crippen molar-refractivity contribution >= 4 is 23.3 Å². The minimum atomic E-state index is -0.529. The highest BCUT2D eigenvalue weighted by Gasteiger charge is 2.22. The van der Waals surface area contributed by atoms with E-state index >= 15 is 0 Å². The molecule has 94 valence electrons. The Morgan fingerprint density at radius 2 is 1.94 bits per heavy atom. The van der Waals surface area contributed by atoms with E-state index in [-0.39, 0.29) is 5.56 Å². The van der Waals surface area contributed by atoms with Crippen molar-refractivity contribution in [3.05, 3.63) is 22.7 Å². The third-order valence-corrected chi connectivity index (χ3v) is 2.16. The SMILES string of the molecule is COC(=O)c1cc(N)cc(Cl)c1OC(C)(C)C. The molecule has 0 bridgehead atoms.